The van der Waals surface area contributed by atoms with Crippen LogP contribution in [-0.4, -0.2) is 36.4 Å². The second-order valence-electron chi connectivity index (χ2n) is 5.41. The number of anilines is 1. The van der Waals surface area contributed by atoms with Crippen molar-refractivity contribution in [3.8, 4) is 5.75 Å². The smallest absolute Gasteiger partial charge is 0.269 e. The first-order valence-corrected chi connectivity index (χ1v) is 7.55. The molecule has 8 nitrogen and oxygen atoms in total. The SMILES string of the molecule is CNC(=O)[C@H]1CN(C(=O)c2ccc([N+](=O)[O-])cc2)c2ccccc2O1. The number of fused-ring (bicyclic) bond motifs is 1. The zero-order valence-corrected chi connectivity index (χ0v) is 13.3. The summed E-state index contributed by atoms with van der Waals surface area (Å²) in [7, 11) is 1.49. The van der Waals surface area contributed by atoms with Crippen LogP contribution in [0.5, 0.6) is 5.75 Å². The first kappa shape index (κ1) is 16.4. The molecular formula is C17H15N3O5. The van der Waals surface area contributed by atoms with E-state index >= 15 is 0 Å². The Morgan fingerprint density at radius 2 is 1.88 bits per heavy atom. The monoisotopic (exact) mass is 341 g/mol. The lowest BCUT2D eigenvalue weighted by Gasteiger charge is -2.34. The summed E-state index contributed by atoms with van der Waals surface area (Å²) in [6.07, 6.45) is -0.832. The van der Waals surface area contributed by atoms with E-state index in [4.69, 9.17) is 4.74 Å². The average Bonchev–Trinajstić information content (AvgIpc) is 2.65. The number of amides is 2. The van der Waals surface area contributed by atoms with Crippen LogP contribution < -0.4 is 15.0 Å². The minimum atomic E-state index is -0.832. The fraction of sp³-hybridized carbons (Fsp3) is 0.176. The number of rotatable bonds is 3. The van der Waals surface area contributed by atoms with Crippen LogP contribution >= 0.6 is 0 Å². The lowest BCUT2D eigenvalue weighted by molar-refractivity contribution is -0.384. The Hall–Kier alpha value is -3.42. The van der Waals surface area contributed by atoms with Crippen LogP contribution in [0.3, 0.4) is 0 Å². The molecule has 1 aliphatic rings. The summed E-state index contributed by atoms with van der Waals surface area (Å²) in [5.74, 6) is -0.270. The summed E-state index contributed by atoms with van der Waals surface area (Å²) < 4.78 is 5.66. The number of likely N-dealkylation sites (N-methyl/N-ethyl adjacent to an activating group) is 1. The highest BCUT2D eigenvalue weighted by Gasteiger charge is 2.33. The van der Waals surface area contributed by atoms with Crippen LogP contribution in [0.2, 0.25) is 0 Å². The van der Waals surface area contributed by atoms with Gasteiger partial charge in [-0.2, -0.15) is 0 Å². The fourth-order valence-electron chi connectivity index (χ4n) is 2.61. The number of hydrogen-bond donors (Lipinski definition) is 1. The van der Waals surface area contributed by atoms with Gasteiger partial charge in [-0.1, -0.05) is 12.1 Å². The van der Waals surface area contributed by atoms with Crippen molar-refractivity contribution < 1.29 is 19.2 Å². The van der Waals surface area contributed by atoms with Crippen molar-refractivity contribution in [1.29, 1.82) is 0 Å². The van der Waals surface area contributed by atoms with E-state index in [2.05, 4.69) is 5.32 Å². The van der Waals surface area contributed by atoms with Crippen LogP contribution in [0.25, 0.3) is 0 Å². The molecule has 0 radical (unpaired) electrons. The number of para-hydroxylation sites is 2. The number of nitro benzene ring substituents is 1. The van der Waals surface area contributed by atoms with Gasteiger partial charge in [0.1, 0.15) is 5.75 Å². The van der Waals surface area contributed by atoms with Gasteiger partial charge in [0.25, 0.3) is 17.5 Å². The number of nitrogens with one attached hydrogen (secondary N) is 1. The molecule has 0 saturated carbocycles. The molecule has 1 heterocycles. The Morgan fingerprint density at radius 3 is 2.52 bits per heavy atom. The van der Waals surface area contributed by atoms with E-state index in [0.29, 0.717) is 11.4 Å². The zero-order valence-electron chi connectivity index (χ0n) is 13.3. The second-order valence-corrected chi connectivity index (χ2v) is 5.41. The maximum atomic E-state index is 12.9. The van der Waals surface area contributed by atoms with Gasteiger partial charge < -0.3 is 15.0 Å². The highest BCUT2D eigenvalue weighted by atomic mass is 16.6. The van der Waals surface area contributed by atoms with E-state index in [0.717, 1.165) is 0 Å². The Morgan fingerprint density at radius 1 is 1.20 bits per heavy atom. The second kappa shape index (κ2) is 6.60. The highest BCUT2D eigenvalue weighted by Crippen LogP contribution is 2.34. The standard InChI is InChI=1S/C17H15N3O5/c1-18-16(21)15-10-19(13-4-2-3-5-14(13)25-15)17(22)11-6-8-12(9-7-11)20(23)24/h2-9,15H,10H2,1H3,(H,18,21)/t15-/m1/s1. The van der Waals surface area contributed by atoms with Crippen molar-refractivity contribution in [2.24, 2.45) is 0 Å². The molecule has 1 aliphatic heterocycles. The third-order valence-electron chi connectivity index (χ3n) is 3.88. The molecular weight excluding hydrogens is 326 g/mol. The topological polar surface area (TPSA) is 102 Å². The number of nitrogens with zero attached hydrogens (tertiary/aromatic N) is 2. The first-order chi connectivity index (χ1) is 12.0. The molecule has 2 aromatic carbocycles. The van der Waals surface area contributed by atoms with Crippen molar-refractivity contribution >= 4 is 23.2 Å². The molecule has 25 heavy (non-hydrogen) atoms. The summed E-state index contributed by atoms with van der Waals surface area (Å²) in [6, 6.07) is 12.3. The van der Waals surface area contributed by atoms with Crippen LogP contribution in [0.1, 0.15) is 10.4 Å². The van der Waals surface area contributed by atoms with Crippen molar-refractivity contribution in [1.82, 2.24) is 5.32 Å². The predicted molar refractivity (Wildman–Crippen MR) is 89.7 cm³/mol. The number of nitro groups is 1. The van der Waals surface area contributed by atoms with Gasteiger partial charge in [-0.05, 0) is 24.3 Å². The Bertz CT molecular complexity index is 834. The Kier molecular flexibility index (Phi) is 4.34. The van der Waals surface area contributed by atoms with Gasteiger partial charge in [-0.3, -0.25) is 19.7 Å². The Labute approximate surface area is 143 Å². The lowest BCUT2D eigenvalue weighted by atomic mass is 10.1. The molecule has 8 heteroatoms. The summed E-state index contributed by atoms with van der Waals surface area (Å²) in [6.45, 7) is 0.0481. The molecule has 0 bridgehead atoms. The lowest BCUT2D eigenvalue weighted by Crippen LogP contribution is -2.50. The zero-order chi connectivity index (χ0) is 18.0. The molecule has 0 aromatic heterocycles. The molecule has 0 unspecified atom stereocenters. The fourth-order valence-corrected chi connectivity index (χ4v) is 2.61. The average molecular weight is 341 g/mol. The number of benzene rings is 2. The molecule has 128 valence electrons. The quantitative estimate of drug-likeness (QED) is 0.677. The molecule has 1 N–H and O–H groups in total. The predicted octanol–water partition coefficient (Wildman–Crippen LogP) is 1.75. The van der Waals surface area contributed by atoms with Gasteiger partial charge in [0, 0.05) is 24.7 Å². The third-order valence-corrected chi connectivity index (χ3v) is 3.88. The van der Waals surface area contributed by atoms with E-state index < -0.39 is 11.0 Å². The van der Waals surface area contributed by atoms with E-state index in [1.807, 2.05) is 0 Å². The van der Waals surface area contributed by atoms with Crippen LogP contribution in [0.4, 0.5) is 11.4 Å². The van der Waals surface area contributed by atoms with Gasteiger partial charge >= 0.3 is 0 Å². The molecule has 0 saturated heterocycles. The molecule has 0 spiro atoms. The molecule has 3 rings (SSSR count). The maximum absolute atomic E-state index is 12.9. The number of hydrogen-bond acceptors (Lipinski definition) is 5. The molecule has 0 fully saturated rings. The molecule has 1 atom stereocenters. The van der Waals surface area contributed by atoms with E-state index in [-0.39, 0.29) is 29.6 Å². The minimum Gasteiger partial charge on any atom is -0.477 e. The van der Waals surface area contributed by atoms with Gasteiger partial charge in [0.05, 0.1) is 17.2 Å². The summed E-state index contributed by atoms with van der Waals surface area (Å²) >= 11 is 0. The summed E-state index contributed by atoms with van der Waals surface area (Å²) in [4.78, 5) is 36.5. The minimum absolute atomic E-state index is 0.0481. The van der Waals surface area contributed by atoms with Crippen molar-refractivity contribution in [2.45, 2.75) is 6.10 Å². The van der Waals surface area contributed by atoms with Crippen molar-refractivity contribution in [3.05, 3.63) is 64.2 Å². The van der Waals surface area contributed by atoms with Crippen molar-refractivity contribution in [2.75, 3.05) is 18.5 Å². The van der Waals surface area contributed by atoms with Crippen LogP contribution in [0, 0.1) is 10.1 Å². The number of carbonyl (C=O) groups excluding carboxylic acids is 2. The third kappa shape index (κ3) is 3.14. The molecule has 2 amide bonds. The highest BCUT2D eigenvalue weighted by molar-refractivity contribution is 6.08. The number of non-ortho nitro benzene ring substituents is 1. The molecule has 2 aromatic rings. The number of ether oxygens (including phenoxy) is 1. The van der Waals surface area contributed by atoms with E-state index in [9.17, 15) is 19.7 Å². The van der Waals surface area contributed by atoms with Crippen LogP contribution in [0.15, 0.2) is 48.5 Å². The summed E-state index contributed by atoms with van der Waals surface area (Å²) in [5, 5.41) is 13.3. The maximum Gasteiger partial charge on any atom is 0.269 e. The van der Waals surface area contributed by atoms with Crippen LogP contribution in [-0.2, 0) is 4.79 Å². The van der Waals surface area contributed by atoms with Gasteiger partial charge in [0.2, 0.25) is 0 Å². The number of carbonyl (C=O) groups is 2. The van der Waals surface area contributed by atoms with Crippen molar-refractivity contribution in [3.63, 3.8) is 0 Å². The molecule has 0 aliphatic carbocycles. The van der Waals surface area contributed by atoms with Gasteiger partial charge in [-0.15, -0.1) is 0 Å². The normalized spacial score (nSPS) is 15.7. The van der Waals surface area contributed by atoms with Gasteiger partial charge in [0.15, 0.2) is 6.10 Å². The largest absolute Gasteiger partial charge is 0.477 e. The van der Waals surface area contributed by atoms with E-state index in [1.54, 1.807) is 24.3 Å². The van der Waals surface area contributed by atoms with E-state index in [1.165, 1.54) is 36.2 Å². The Balaban J connectivity index is 1.94. The van der Waals surface area contributed by atoms with Gasteiger partial charge in [-0.25, -0.2) is 0 Å². The summed E-state index contributed by atoms with van der Waals surface area (Å²) in [5.41, 5.74) is 0.742. The first-order valence-electron chi connectivity index (χ1n) is 7.55.